The zero-order valence-electron chi connectivity index (χ0n) is 18.9. The monoisotopic (exact) mass is 422 g/mol. The second-order valence-electron chi connectivity index (χ2n) is 9.82. The van der Waals surface area contributed by atoms with Crippen molar-refractivity contribution < 1.29 is 14.3 Å². The normalized spacial score (nSPS) is 21.8. The van der Waals surface area contributed by atoms with Crippen molar-refractivity contribution in [1.82, 2.24) is 9.80 Å². The van der Waals surface area contributed by atoms with Gasteiger partial charge < -0.3 is 14.4 Å². The van der Waals surface area contributed by atoms with Crippen LogP contribution in [0.5, 0.6) is 0 Å². The van der Waals surface area contributed by atoms with Crippen molar-refractivity contribution in [2.45, 2.75) is 57.5 Å². The summed E-state index contributed by atoms with van der Waals surface area (Å²) in [7, 11) is 0. The zero-order valence-corrected chi connectivity index (χ0v) is 18.9. The molecular formula is C26H34N2O3. The van der Waals surface area contributed by atoms with E-state index in [2.05, 4.69) is 59.5 Å². The highest BCUT2D eigenvalue weighted by Gasteiger charge is 2.44. The number of carbonyl (C=O) groups excluding carboxylic acids is 1. The van der Waals surface area contributed by atoms with Crippen LogP contribution in [0.15, 0.2) is 60.7 Å². The molecule has 1 spiro atoms. The predicted molar refractivity (Wildman–Crippen MR) is 122 cm³/mol. The van der Waals surface area contributed by atoms with E-state index >= 15 is 0 Å². The van der Waals surface area contributed by atoms with Crippen LogP contribution in [0, 0.1) is 0 Å². The number of hydrogen-bond acceptors (Lipinski definition) is 4. The van der Waals surface area contributed by atoms with Crippen LogP contribution >= 0.6 is 0 Å². The van der Waals surface area contributed by atoms with Gasteiger partial charge in [0.15, 0.2) is 0 Å². The maximum Gasteiger partial charge on any atom is 0.410 e. The summed E-state index contributed by atoms with van der Waals surface area (Å²) < 4.78 is 12.4. The third kappa shape index (κ3) is 5.66. The first-order valence-electron chi connectivity index (χ1n) is 11.3. The maximum absolute atomic E-state index is 12.5. The number of nitrogens with zero attached hydrogens (tertiary/aromatic N) is 2. The number of morpholine rings is 1. The molecule has 2 aliphatic rings. The summed E-state index contributed by atoms with van der Waals surface area (Å²) in [5, 5.41) is 0. The van der Waals surface area contributed by atoms with Crippen molar-refractivity contribution in [3.8, 4) is 0 Å². The van der Waals surface area contributed by atoms with Gasteiger partial charge in [0, 0.05) is 32.7 Å². The van der Waals surface area contributed by atoms with Gasteiger partial charge in [0.25, 0.3) is 0 Å². The molecule has 4 rings (SSSR count). The Morgan fingerprint density at radius 3 is 2.26 bits per heavy atom. The van der Waals surface area contributed by atoms with Crippen molar-refractivity contribution in [2.24, 2.45) is 0 Å². The Morgan fingerprint density at radius 2 is 1.65 bits per heavy atom. The van der Waals surface area contributed by atoms with Gasteiger partial charge in [-0.2, -0.15) is 0 Å². The summed E-state index contributed by atoms with van der Waals surface area (Å²) in [6.45, 7) is 9.71. The summed E-state index contributed by atoms with van der Waals surface area (Å²) in [6, 6.07) is 21.1. The van der Waals surface area contributed by atoms with Gasteiger partial charge in [0.05, 0.1) is 11.7 Å². The Hall–Kier alpha value is -2.37. The molecule has 2 fully saturated rings. The molecule has 0 radical (unpaired) electrons. The lowest BCUT2D eigenvalue weighted by Gasteiger charge is -2.50. The molecule has 1 unspecified atom stereocenters. The van der Waals surface area contributed by atoms with Crippen LogP contribution in [-0.2, 0) is 16.0 Å². The molecular weight excluding hydrogens is 388 g/mol. The third-order valence-electron chi connectivity index (χ3n) is 6.07. The standard InChI is InChI=1S/C26H34N2O3/c1-25(2,3)31-24(29)28-16-14-26(15-17-28)20-27(18-21-10-6-4-7-11-21)19-23(30-26)22-12-8-5-9-13-22/h4-13,23H,14-20H2,1-3H3. The Morgan fingerprint density at radius 1 is 1.03 bits per heavy atom. The van der Waals surface area contributed by atoms with Crippen LogP contribution in [0.25, 0.3) is 0 Å². The van der Waals surface area contributed by atoms with Crippen LogP contribution in [-0.4, -0.2) is 53.3 Å². The molecule has 2 aromatic carbocycles. The number of amides is 1. The molecule has 2 saturated heterocycles. The number of rotatable bonds is 3. The molecule has 166 valence electrons. The largest absolute Gasteiger partial charge is 0.444 e. The summed E-state index contributed by atoms with van der Waals surface area (Å²) in [5.74, 6) is 0. The van der Waals surface area contributed by atoms with Crippen LogP contribution in [0.1, 0.15) is 50.8 Å². The fraction of sp³-hybridized carbons (Fsp3) is 0.500. The van der Waals surface area contributed by atoms with Gasteiger partial charge in [-0.15, -0.1) is 0 Å². The molecule has 0 bridgehead atoms. The van der Waals surface area contributed by atoms with Crippen LogP contribution in [0.2, 0.25) is 0 Å². The Labute approximate surface area is 185 Å². The molecule has 0 saturated carbocycles. The average molecular weight is 423 g/mol. The minimum Gasteiger partial charge on any atom is -0.444 e. The fourth-order valence-electron chi connectivity index (χ4n) is 4.59. The number of likely N-dealkylation sites (tertiary alicyclic amines) is 1. The molecule has 1 amide bonds. The predicted octanol–water partition coefficient (Wildman–Crippen LogP) is 5.03. The molecule has 2 aliphatic heterocycles. The Balaban J connectivity index is 1.49. The van der Waals surface area contributed by atoms with Gasteiger partial charge in [-0.3, -0.25) is 4.90 Å². The molecule has 31 heavy (non-hydrogen) atoms. The Bertz CT molecular complexity index is 855. The minimum absolute atomic E-state index is 0.0340. The van der Waals surface area contributed by atoms with E-state index in [-0.39, 0.29) is 17.8 Å². The Kier molecular flexibility index (Phi) is 6.35. The lowest BCUT2D eigenvalue weighted by Crippen LogP contribution is -2.58. The molecule has 2 heterocycles. The van der Waals surface area contributed by atoms with Crippen LogP contribution in [0.4, 0.5) is 4.79 Å². The third-order valence-corrected chi connectivity index (χ3v) is 6.07. The lowest BCUT2D eigenvalue weighted by molar-refractivity contribution is -0.178. The topological polar surface area (TPSA) is 42.0 Å². The second-order valence-corrected chi connectivity index (χ2v) is 9.82. The first-order valence-corrected chi connectivity index (χ1v) is 11.3. The van der Waals surface area contributed by atoms with Crippen molar-refractivity contribution in [2.75, 3.05) is 26.2 Å². The number of carbonyl (C=O) groups is 1. The number of piperidine rings is 1. The second kappa shape index (κ2) is 9.01. The molecule has 5 nitrogen and oxygen atoms in total. The van der Waals surface area contributed by atoms with Gasteiger partial charge in [-0.1, -0.05) is 60.7 Å². The summed E-state index contributed by atoms with van der Waals surface area (Å²) in [6.07, 6.45) is 1.45. The van der Waals surface area contributed by atoms with E-state index in [1.165, 1.54) is 11.1 Å². The summed E-state index contributed by atoms with van der Waals surface area (Å²) in [4.78, 5) is 16.9. The molecule has 0 aliphatic carbocycles. The molecule has 1 atom stereocenters. The minimum atomic E-state index is -0.474. The highest BCUT2D eigenvalue weighted by Crippen LogP contribution is 2.38. The van der Waals surface area contributed by atoms with E-state index in [1.54, 1.807) is 0 Å². The van der Waals surface area contributed by atoms with Gasteiger partial charge in [0.2, 0.25) is 0 Å². The number of ether oxygens (including phenoxy) is 2. The van der Waals surface area contributed by atoms with Gasteiger partial charge in [0.1, 0.15) is 5.60 Å². The van der Waals surface area contributed by atoms with E-state index in [9.17, 15) is 4.79 Å². The maximum atomic E-state index is 12.5. The lowest BCUT2D eigenvalue weighted by atomic mass is 9.87. The fourth-order valence-corrected chi connectivity index (χ4v) is 4.59. The van der Waals surface area contributed by atoms with Crippen LogP contribution in [0.3, 0.4) is 0 Å². The highest BCUT2D eigenvalue weighted by molar-refractivity contribution is 5.68. The highest BCUT2D eigenvalue weighted by atomic mass is 16.6. The van der Waals surface area contributed by atoms with E-state index < -0.39 is 5.60 Å². The van der Waals surface area contributed by atoms with E-state index in [4.69, 9.17) is 9.47 Å². The molecule has 5 heteroatoms. The number of benzene rings is 2. The molecule has 2 aromatic rings. The van der Waals surface area contributed by atoms with Crippen molar-refractivity contribution >= 4 is 6.09 Å². The van der Waals surface area contributed by atoms with Crippen molar-refractivity contribution in [1.29, 1.82) is 0 Å². The average Bonchev–Trinajstić information content (AvgIpc) is 2.74. The number of hydrogen-bond donors (Lipinski definition) is 0. The molecule has 0 aromatic heterocycles. The molecule has 0 N–H and O–H groups in total. The first kappa shape index (κ1) is 21.8. The summed E-state index contributed by atoms with van der Waals surface area (Å²) in [5.41, 5.74) is 1.82. The van der Waals surface area contributed by atoms with E-state index in [0.717, 1.165) is 32.5 Å². The van der Waals surface area contributed by atoms with Gasteiger partial charge >= 0.3 is 6.09 Å². The SMILES string of the molecule is CC(C)(C)OC(=O)N1CCC2(CC1)CN(Cc1ccccc1)CC(c1ccccc1)O2. The van der Waals surface area contributed by atoms with Gasteiger partial charge in [-0.05, 0) is 44.7 Å². The smallest absolute Gasteiger partial charge is 0.410 e. The quantitative estimate of drug-likeness (QED) is 0.696. The van der Waals surface area contributed by atoms with Crippen molar-refractivity contribution in [3.05, 3.63) is 71.8 Å². The van der Waals surface area contributed by atoms with Gasteiger partial charge in [-0.25, -0.2) is 4.79 Å². The first-order chi connectivity index (χ1) is 14.8. The van der Waals surface area contributed by atoms with E-state index in [0.29, 0.717) is 13.1 Å². The van der Waals surface area contributed by atoms with E-state index in [1.807, 2.05) is 31.7 Å². The van der Waals surface area contributed by atoms with Crippen LogP contribution < -0.4 is 0 Å². The van der Waals surface area contributed by atoms with Crippen molar-refractivity contribution in [3.63, 3.8) is 0 Å². The summed E-state index contributed by atoms with van der Waals surface area (Å²) >= 11 is 0. The zero-order chi connectivity index (χ0) is 21.9.